The third kappa shape index (κ3) is 5.31. The highest BCUT2D eigenvalue weighted by atomic mass is 16.1. The van der Waals surface area contributed by atoms with Gasteiger partial charge in [0.2, 0.25) is 5.91 Å². The second kappa shape index (κ2) is 10.3. The minimum atomic E-state index is -0.192. The maximum absolute atomic E-state index is 13.0. The van der Waals surface area contributed by atoms with Gasteiger partial charge >= 0.3 is 0 Å². The van der Waals surface area contributed by atoms with Gasteiger partial charge in [-0.25, -0.2) is 9.67 Å². The average Bonchev–Trinajstić information content (AvgIpc) is 3.16. The Hall–Kier alpha value is -3.04. The number of amides is 1. The first-order chi connectivity index (χ1) is 15.9. The molecule has 1 N–H and O–H groups in total. The number of carbonyl (C=O) groups excluding carboxylic acids is 1. The van der Waals surface area contributed by atoms with Gasteiger partial charge in [0.05, 0.1) is 11.4 Å². The number of hydrogen-bond acceptors (Lipinski definition) is 6. The summed E-state index contributed by atoms with van der Waals surface area (Å²) in [4.78, 5) is 34.7. The first-order valence-electron chi connectivity index (χ1n) is 11.6. The zero-order valence-electron chi connectivity index (χ0n) is 19.8. The number of fused-ring (bicyclic) bond motifs is 1. The molecule has 33 heavy (non-hydrogen) atoms. The number of nitrogens with zero attached hydrogens (tertiary/aromatic N) is 6. The van der Waals surface area contributed by atoms with Crippen molar-refractivity contribution in [1.29, 1.82) is 0 Å². The second-order valence-electron chi connectivity index (χ2n) is 8.78. The highest BCUT2D eigenvalue weighted by molar-refractivity contribution is 5.77. The van der Waals surface area contributed by atoms with Crippen LogP contribution in [0.5, 0.6) is 0 Å². The quantitative estimate of drug-likeness (QED) is 0.517. The Balaban J connectivity index is 1.36. The molecule has 0 bridgehead atoms. The first-order valence-corrected chi connectivity index (χ1v) is 11.6. The van der Waals surface area contributed by atoms with Gasteiger partial charge in [0, 0.05) is 52.6 Å². The zero-order valence-corrected chi connectivity index (χ0v) is 19.8. The SMILES string of the molecule is Cc1nn(-c2ccccc2)c2c1nc(CCC(=O)NCCCN1CCN(C)CC1)c(=O)n2C. The van der Waals surface area contributed by atoms with Gasteiger partial charge in [-0.3, -0.25) is 14.2 Å². The molecule has 0 radical (unpaired) electrons. The van der Waals surface area contributed by atoms with Crippen molar-refractivity contribution < 1.29 is 4.79 Å². The number of aromatic nitrogens is 4. The van der Waals surface area contributed by atoms with Gasteiger partial charge in [0.15, 0.2) is 5.65 Å². The van der Waals surface area contributed by atoms with Crippen LogP contribution >= 0.6 is 0 Å². The molecule has 1 aliphatic rings. The van der Waals surface area contributed by atoms with Crippen molar-refractivity contribution in [1.82, 2.24) is 34.4 Å². The lowest BCUT2D eigenvalue weighted by Gasteiger charge is -2.32. The van der Waals surface area contributed by atoms with Crippen LogP contribution in [0.3, 0.4) is 0 Å². The second-order valence-corrected chi connectivity index (χ2v) is 8.78. The molecule has 0 saturated carbocycles. The molecular formula is C24H33N7O2. The number of benzene rings is 1. The van der Waals surface area contributed by atoms with E-state index in [0.717, 1.165) is 50.5 Å². The van der Waals surface area contributed by atoms with Crippen LogP contribution in [0.4, 0.5) is 0 Å². The Kier molecular flexibility index (Phi) is 7.20. The number of para-hydroxylation sites is 1. The monoisotopic (exact) mass is 451 g/mol. The Morgan fingerprint density at radius 2 is 1.82 bits per heavy atom. The average molecular weight is 452 g/mol. The zero-order chi connectivity index (χ0) is 23.4. The fourth-order valence-electron chi connectivity index (χ4n) is 4.25. The first kappa shape index (κ1) is 23.1. The number of hydrogen-bond donors (Lipinski definition) is 1. The van der Waals surface area contributed by atoms with Crippen molar-refractivity contribution in [3.05, 3.63) is 52.1 Å². The minimum Gasteiger partial charge on any atom is -0.356 e. The summed E-state index contributed by atoms with van der Waals surface area (Å²) in [6, 6.07) is 9.69. The number of carbonyl (C=O) groups is 1. The van der Waals surface area contributed by atoms with Crippen LogP contribution in [0, 0.1) is 6.92 Å². The summed E-state index contributed by atoms with van der Waals surface area (Å²) in [5, 5.41) is 7.58. The standard InChI is InChI=1S/C24H33N7O2/c1-18-22-23(31(27-18)19-8-5-4-6-9-19)29(3)24(33)20(26-22)10-11-21(32)25-12-7-13-30-16-14-28(2)15-17-30/h4-6,8-9H,7,10-17H2,1-3H3,(H,25,32). The highest BCUT2D eigenvalue weighted by Gasteiger charge is 2.18. The molecule has 1 aromatic carbocycles. The topological polar surface area (TPSA) is 88.3 Å². The third-order valence-electron chi connectivity index (χ3n) is 6.28. The predicted octanol–water partition coefficient (Wildman–Crippen LogP) is 1.11. The van der Waals surface area contributed by atoms with Gasteiger partial charge in [0.25, 0.3) is 5.56 Å². The van der Waals surface area contributed by atoms with E-state index in [1.807, 2.05) is 37.3 Å². The molecule has 3 aromatic rings. The molecule has 0 aliphatic carbocycles. The van der Waals surface area contributed by atoms with E-state index in [0.29, 0.717) is 29.8 Å². The van der Waals surface area contributed by atoms with Crippen molar-refractivity contribution >= 4 is 17.1 Å². The fourth-order valence-corrected chi connectivity index (χ4v) is 4.25. The van der Waals surface area contributed by atoms with Crippen LogP contribution < -0.4 is 10.9 Å². The predicted molar refractivity (Wildman–Crippen MR) is 129 cm³/mol. The lowest BCUT2D eigenvalue weighted by atomic mass is 10.2. The highest BCUT2D eigenvalue weighted by Crippen LogP contribution is 2.19. The van der Waals surface area contributed by atoms with Crippen LogP contribution in [0.25, 0.3) is 16.9 Å². The smallest absolute Gasteiger partial charge is 0.273 e. The van der Waals surface area contributed by atoms with Crippen LogP contribution in [-0.4, -0.2) is 81.4 Å². The van der Waals surface area contributed by atoms with Crippen molar-refractivity contribution in [3.63, 3.8) is 0 Å². The van der Waals surface area contributed by atoms with E-state index < -0.39 is 0 Å². The van der Waals surface area contributed by atoms with Gasteiger partial charge in [-0.05, 0) is 39.1 Å². The molecule has 1 aliphatic heterocycles. The normalized spacial score (nSPS) is 15.2. The fraction of sp³-hybridized carbons (Fsp3) is 0.500. The van der Waals surface area contributed by atoms with Gasteiger partial charge in [-0.2, -0.15) is 5.10 Å². The van der Waals surface area contributed by atoms with Crippen molar-refractivity contribution in [2.45, 2.75) is 26.2 Å². The summed E-state index contributed by atoms with van der Waals surface area (Å²) in [5.74, 6) is -0.0472. The molecular weight excluding hydrogens is 418 g/mol. The van der Waals surface area contributed by atoms with E-state index in [1.54, 1.807) is 16.3 Å². The lowest BCUT2D eigenvalue weighted by molar-refractivity contribution is -0.121. The lowest BCUT2D eigenvalue weighted by Crippen LogP contribution is -2.45. The van der Waals surface area contributed by atoms with Crippen molar-refractivity contribution in [3.8, 4) is 5.69 Å². The van der Waals surface area contributed by atoms with E-state index >= 15 is 0 Å². The van der Waals surface area contributed by atoms with E-state index in [-0.39, 0.29) is 17.9 Å². The molecule has 1 amide bonds. The van der Waals surface area contributed by atoms with E-state index in [2.05, 4.69) is 32.2 Å². The maximum Gasteiger partial charge on any atom is 0.273 e. The molecule has 9 heteroatoms. The largest absolute Gasteiger partial charge is 0.356 e. The summed E-state index contributed by atoms with van der Waals surface area (Å²) >= 11 is 0. The van der Waals surface area contributed by atoms with Gasteiger partial charge in [-0.15, -0.1) is 0 Å². The summed E-state index contributed by atoms with van der Waals surface area (Å²) in [5.41, 5.74) is 3.16. The van der Waals surface area contributed by atoms with Crippen molar-refractivity contribution in [2.75, 3.05) is 46.3 Å². The molecule has 0 atom stereocenters. The van der Waals surface area contributed by atoms with Gasteiger partial charge in [0.1, 0.15) is 11.2 Å². The number of aryl methyl sites for hydroxylation is 3. The third-order valence-corrected chi connectivity index (χ3v) is 6.28. The van der Waals surface area contributed by atoms with Gasteiger partial charge in [-0.1, -0.05) is 18.2 Å². The van der Waals surface area contributed by atoms with Crippen LogP contribution in [0.2, 0.25) is 0 Å². The van der Waals surface area contributed by atoms with E-state index in [4.69, 9.17) is 0 Å². The van der Waals surface area contributed by atoms with E-state index in [1.165, 1.54) is 0 Å². The Bertz CT molecular complexity index is 1160. The molecule has 9 nitrogen and oxygen atoms in total. The van der Waals surface area contributed by atoms with Crippen molar-refractivity contribution in [2.24, 2.45) is 7.05 Å². The van der Waals surface area contributed by atoms with Crippen LogP contribution in [0.15, 0.2) is 35.1 Å². The number of nitrogens with one attached hydrogen (secondary N) is 1. The molecule has 4 rings (SSSR count). The Morgan fingerprint density at radius 3 is 2.55 bits per heavy atom. The minimum absolute atomic E-state index is 0.0472. The van der Waals surface area contributed by atoms with Crippen LogP contribution in [-0.2, 0) is 18.3 Å². The molecule has 0 unspecified atom stereocenters. The maximum atomic E-state index is 13.0. The number of likely N-dealkylation sites (N-methyl/N-ethyl adjacent to an activating group) is 1. The Labute approximate surface area is 194 Å². The molecule has 176 valence electrons. The van der Waals surface area contributed by atoms with Gasteiger partial charge < -0.3 is 15.1 Å². The summed E-state index contributed by atoms with van der Waals surface area (Å²) in [7, 11) is 3.88. The Morgan fingerprint density at radius 1 is 1.09 bits per heavy atom. The summed E-state index contributed by atoms with van der Waals surface area (Å²) < 4.78 is 3.33. The number of rotatable bonds is 8. The summed E-state index contributed by atoms with van der Waals surface area (Å²) in [6.45, 7) is 7.90. The summed E-state index contributed by atoms with van der Waals surface area (Å²) in [6.07, 6.45) is 1.48. The number of piperazine rings is 1. The molecule has 1 saturated heterocycles. The molecule has 1 fully saturated rings. The molecule has 0 spiro atoms. The molecule has 3 heterocycles. The molecule has 2 aromatic heterocycles. The van der Waals surface area contributed by atoms with Crippen LogP contribution in [0.1, 0.15) is 24.2 Å². The van der Waals surface area contributed by atoms with E-state index in [9.17, 15) is 9.59 Å².